The van der Waals surface area contributed by atoms with Gasteiger partial charge in [-0.05, 0) is 27.7 Å². The van der Waals surface area contributed by atoms with Crippen molar-refractivity contribution in [1.82, 2.24) is 0 Å². The predicted molar refractivity (Wildman–Crippen MR) is 47.1 cm³/mol. The molecule has 1 rings (SSSR count). The maximum atomic E-state index is 10.1. The normalized spacial score (nSPS) is 18.8. The van der Waals surface area contributed by atoms with E-state index in [2.05, 4.69) is 6.92 Å². The molecule has 0 saturated carbocycles. The SMILES string of the molecule is CC(C)=C(C)C(=O)O.CC1CO1. The zero-order chi connectivity index (χ0) is 9.72. The summed E-state index contributed by atoms with van der Waals surface area (Å²) < 4.78 is 4.71. The van der Waals surface area contributed by atoms with Crippen LogP contribution in [0.4, 0.5) is 0 Å². The molecule has 0 aromatic rings. The molecule has 1 aliphatic heterocycles. The number of carboxylic acid groups (broad SMARTS) is 1. The molecule has 0 aromatic carbocycles. The molecule has 1 aliphatic rings. The summed E-state index contributed by atoms with van der Waals surface area (Å²) in [6.07, 6.45) is 0.583. The average Bonchev–Trinajstić information content (AvgIpc) is 2.71. The first-order valence-corrected chi connectivity index (χ1v) is 3.94. The fourth-order valence-electron chi connectivity index (χ4n) is 0.310. The Morgan fingerprint density at radius 1 is 1.42 bits per heavy atom. The van der Waals surface area contributed by atoms with Crippen LogP contribution in [0.15, 0.2) is 11.1 Å². The maximum absolute atomic E-state index is 10.1. The van der Waals surface area contributed by atoms with Crippen LogP contribution >= 0.6 is 0 Å². The molecule has 0 aromatic heterocycles. The van der Waals surface area contributed by atoms with Crippen molar-refractivity contribution >= 4 is 5.97 Å². The van der Waals surface area contributed by atoms with Gasteiger partial charge < -0.3 is 9.84 Å². The minimum atomic E-state index is -0.829. The molecule has 1 saturated heterocycles. The number of carboxylic acids is 1. The minimum absolute atomic E-state index is 0.435. The van der Waals surface area contributed by atoms with Crippen LogP contribution in [-0.4, -0.2) is 23.8 Å². The van der Waals surface area contributed by atoms with Crippen molar-refractivity contribution < 1.29 is 14.6 Å². The summed E-state index contributed by atoms with van der Waals surface area (Å²) in [5.74, 6) is -0.829. The standard InChI is InChI=1S/C6H10O2.C3H6O/c1-4(2)5(3)6(7)8;1-3-2-4-3/h1-3H3,(H,7,8);3H,2H2,1H3. The Morgan fingerprint density at radius 2 is 1.75 bits per heavy atom. The van der Waals surface area contributed by atoms with Gasteiger partial charge in [-0.2, -0.15) is 0 Å². The smallest absolute Gasteiger partial charge is 0.331 e. The lowest BCUT2D eigenvalue weighted by molar-refractivity contribution is -0.132. The first-order valence-electron chi connectivity index (χ1n) is 3.94. The number of carbonyl (C=O) groups is 1. The number of hydrogen-bond donors (Lipinski definition) is 1. The summed E-state index contributed by atoms with van der Waals surface area (Å²) in [7, 11) is 0. The van der Waals surface area contributed by atoms with E-state index in [-0.39, 0.29) is 0 Å². The van der Waals surface area contributed by atoms with Crippen LogP contribution in [0.3, 0.4) is 0 Å². The van der Waals surface area contributed by atoms with Gasteiger partial charge in [-0.25, -0.2) is 4.79 Å². The average molecular weight is 172 g/mol. The number of ether oxygens (including phenoxy) is 1. The molecule has 1 fully saturated rings. The maximum Gasteiger partial charge on any atom is 0.331 e. The fourth-order valence-corrected chi connectivity index (χ4v) is 0.310. The van der Waals surface area contributed by atoms with Crippen LogP contribution in [0.25, 0.3) is 0 Å². The van der Waals surface area contributed by atoms with E-state index in [1.165, 1.54) is 0 Å². The Hall–Kier alpha value is -0.830. The highest BCUT2D eigenvalue weighted by Gasteiger charge is 2.13. The molecular formula is C9H16O3. The van der Waals surface area contributed by atoms with Crippen LogP contribution in [-0.2, 0) is 9.53 Å². The molecule has 1 unspecified atom stereocenters. The fraction of sp³-hybridized carbons (Fsp3) is 0.667. The van der Waals surface area contributed by atoms with Gasteiger partial charge in [0, 0.05) is 5.57 Å². The van der Waals surface area contributed by atoms with E-state index in [0.717, 1.165) is 12.2 Å². The predicted octanol–water partition coefficient (Wildman–Crippen LogP) is 1.83. The number of allylic oxidation sites excluding steroid dienone is 1. The molecule has 1 heterocycles. The summed E-state index contributed by atoms with van der Waals surface area (Å²) in [4.78, 5) is 10.1. The highest BCUT2D eigenvalue weighted by atomic mass is 16.6. The molecule has 0 amide bonds. The third-order valence-corrected chi connectivity index (χ3v) is 1.57. The third-order valence-electron chi connectivity index (χ3n) is 1.57. The van der Waals surface area contributed by atoms with Crippen LogP contribution in [0.2, 0.25) is 0 Å². The number of rotatable bonds is 1. The van der Waals surface area contributed by atoms with Crippen molar-refractivity contribution in [2.75, 3.05) is 6.61 Å². The van der Waals surface area contributed by atoms with Gasteiger partial charge in [-0.3, -0.25) is 0 Å². The highest BCUT2D eigenvalue weighted by Crippen LogP contribution is 2.04. The number of hydrogen-bond acceptors (Lipinski definition) is 2. The van der Waals surface area contributed by atoms with E-state index in [9.17, 15) is 4.79 Å². The molecule has 1 N–H and O–H groups in total. The van der Waals surface area contributed by atoms with E-state index >= 15 is 0 Å². The van der Waals surface area contributed by atoms with Gasteiger partial charge in [-0.15, -0.1) is 0 Å². The molecule has 1 atom stereocenters. The molecule has 0 spiro atoms. The molecular weight excluding hydrogens is 156 g/mol. The van der Waals surface area contributed by atoms with Crippen molar-refractivity contribution in [1.29, 1.82) is 0 Å². The van der Waals surface area contributed by atoms with Crippen LogP contribution < -0.4 is 0 Å². The van der Waals surface area contributed by atoms with E-state index < -0.39 is 5.97 Å². The Labute approximate surface area is 73.0 Å². The highest BCUT2D eigenvalue weighted by molar-refractivity contribution is 5.86. The second kappa shape index (κ2) is 4.93. The van der Waals surface area contributed by atoms with E-state index in [1.807, 2.05) is 0 Å². The van der Waals surface area contributed by atoms with Crippen molar-refractivity contribution in [2.24, 2.45) is 0 Å². The van der Waals surface area contributed by atoms with Crippen LogP contribution in [0, 0.1) is 0 Å². The lowest BCUT2D eigenvalue weighted by atomic mass is 10.2. The Morgan fingerprint density at radius 3 is 1.75 bits per heavy atom. The van der Waals surface area contributed by atoms with Crippen molar-refractivity contribution in [3.63, 3.8) is 0 Å². The summed E-state index contributed by atoms with van der Waals surface area (Å²) in [5.41, 5.74) is 1.29. The summed E-state index contributed by atoms with van der Waals surface area (Å²) >= 11 is 0. The molecule has 3 nitrogen and oxygen atoms in total. The first kappa shape index (κ1) is 11.2. The van der Waals surface area contributed by atoms with Gasteiger partial charge in [0.2, 0.25) is 0 Å². The molecule has 3 heteroatoms. The van der Waals surface area contributed by atoms with E-state index in [1.54, 1.807) is 20.8 Å². The second-order valence-corrected chi connectivity index (χ2v) is 3.07. The summed E-state index contributed by atoms with van der Waals surface area (Å²) in [6.45, 7) is 8.20. The van der Waals surface area contributed by atoms with Crippen LogP contribution in [0.5, 0.6) is 0 Å². The van der Waals surface area contributed by atoms with Gasteiger partial charge >= 0.3 is 5.97 Å². The largest absolute Gasteiger partial charge is 0.478 e. The Balaban J connectivity index is 0.000000247. The lowest BCUT2D eigenvalue weighted by Gasteiger charge is -1.92. The van der Waals surface area contributed by atoms with Gasteiger partial charge in [0.15, 0.2) is 0 Å². The van der Waals surface area contributed by atoms with E-state index in [0.29, 0.717) is 11.7 Å². The molecule has 12 heavy (non-hydrogen) atoms. The number of epoxide rings is 1. The van der Waals surface area contributed by atoms with Gasteiger partial charge in [0.1, 0.15) is 0 Å². The summed E-state index contributed by atoms with van der Waals surface area (Å²) in [5, 5.41) is 8.29. The van der Waals surface area contributed by atoms with Gasteiger partial charge in [0.05, 0.1) is 12.7 Å². The lowest BCUT2D eigenvalue weighted by Crippen LogP contribution is -1.97. The van der Waals surface area contributed by atoms with Crippen molar-refractivity contribution in [3.8, 4) is 0 Å². The van der Waals surface area contributed by atoms with Gasteiger partial charge in [-0.1, -0.05) is 5.57 Å². The Kier molecular flexibility index (Phi) is 4.59. The van der Waals surface area contributed by atoms with Gasteiger partial charge in [0.25, 0.3) is 0 Å². The molecule has 0 aliphatic carbocycles. The topological polar surface area (TPSA) is 49.8 Å². The molecule has 70 valence electrons. The first-order chi connectivity index (χ1) is 5.45. The summed E-state index contributed by atoms with van der Waals surface area (Å²) in [6, 6.07) is 0. The van der Waals surface area contributed by atoms with Crippen molar-refractivity contribution in [3.05, 3.63) is 11.1 Å². The minimum Gasteiger partial charge on any atom is -0.478 e. The second-order valence-electron chi connectivity index (χ2n) is 3.07. The van der Waals surface area contributed by atoms with Crippen molar-refractivity contribution in [2.45, 2.75) is 33.8 Å². The monoisotopic (exact) mass is 172 g/mol. The molecule has 0 radical (unpaired) electrons. The van der Waals surface area contributed by atoms with E-state index in [4.69, 9.17) is 9.84 Å². The zero-order valence-corrected chi connectivity index (χ0v) is 8.05. The third kappa shape index (κ3) is 5.92. The quantitative estimate of drug-likeness (QED) is 0.485. The van der Waals surface area contributed by atoms with Crippen LogP contribution in [0.1, 0.15) is 27.7 Å². The molecule has 0 bridgehead atoms. The zero-order valence-electron chi connectivity index (χ0n) is 8.05. The number of aliphatic carboxylic acids is 1. The Bertz CT molecular complexity index is 186.